The van der Waals surface area contributed by atoms with Crippen molar-refractivity contribution in [3.05, 3.63) is 29.8 Å². The minimum absolute atomic E-state index is 0.0477. The van der Waals surface area contributed by atoms with Crippen LogP contribution in [-0.4, -0.2) is 29.4 Å². The molecule has 88 valence electrons. The summed E-state index contributed by atoms with van der Waals surface area (Å²) < 4.78 is 5.15. The highest BCUT2D eigenvalue weighted by atomic mass is 16.5. The number of hydrogen-bond donors (Lipinski definition) is 2. The largest absolute Gasteiger partial charge is 0.508 e. The molecule has 0 saturated carbocycles. The molecule has 0 aliphatic heterocycles. The number of carboxylic acids is 1. The Balaban J connectivity index is 2.09. The van der Waals surface area contributed by atoms with Gasteiger partial charge in [-0.1, -0.05) is 12.1 Å². The summed E-state index contributed by atoms with van der Waals surface area (Å²) in [7, 11) is 0. The number of hydrogen-bond acceptors (Lipinski definition) is 3. The zero-order chi connectivity index (χ0) is 11.8. The van der Waals surface area contributed by atoms with Gasteiger partial charge in [0, 0.05) is 6.61 Å². The number of phenolic OH excluding ortho intramolecular Hbond substituents is 1. The van der Waals surface area contributed by atoms with Gasteiger partial charge in [0.05, 0.1) is 13.0 Å². The van der Waals surface area contributed by atoms with Crippen molar-refractivity contribution in [1.82, 2.24) is 0 Å². The minimum atomic E-state index is -0.840. The molecule has 0 aliphatic carbocycles. The number of phenols is 1. The SMILES string of the molecule is O=C(O)CCOCCCc1cccc(O)c1. The monoisotopic (exact) mass is 224 g/mol. The standard InChI is InChI=1S/C12H16O4/c13-11-5-1-3-10(9-11)4-2-7-16-8-6-12(14)15/h1,3,5,9,13H,2,4,6-8H2,(H,14,15). The molecule has 0 fully saturated rings. The molecule has 1 aromatic rings. The lowest BCUT2D eigenvalue weighted by Crippen LogP contribution is -2.04. The predicted molar refractivity (Wildman–Crippen MR) is 59.5 cm³/mol. The number of aliphatic carboxylic acids is 1. The molecule has 0 atom stereocenters. The molecule has 16 heavy (non-hydrogen) atoms. The fourth-order valence-electron chi connectivity index (χ4n) is 1.35. The number of aromatic hydroxyl groups is 1. The second kappa shape index (κ2) is 6.85. The second-order valence-corrected chi connectivity index (χ2v) is 3.53. The van der Waals surface area contributed by atoms with Gasteiger partial charge in [0.1, 0.15) is 5.75 Å². The molecule has 0 heterocycles. The first kappa shape index (κ1) is 12.5. The highest BCUT2D eigenvalue weighted by Gasteiger charge is 1.97. The molecule has 0 bridgehead atoms. The first-order valence-electron chi connectivity index (χ1n) is 5.26. The van der Waals surface area contributed by atoms with E-state index < -0.39 is 5.97 Å². The van der Waals surface area contributed by atoms with Gasteiger partial charge in [-0.2, -0.15) is 0 Å². The van der Waals surface area contributed by atoms with Gasteiger partial charge in [-0.05, 0) is 30.5 Å². The number of rotatable bonds is 7. The smallest absolute Gasteiger partial charge is 0.305 e. The van der Waals surface area contributed by atoms with Gasteiger partial charge >= 0.3 is 5.97 Å². The summed E-state index contributed by atoms with van der Waals surface area (Å²) in [5, 5.41) is 17.6. The third-order valence-electron chi connectivity index (χ3n) is 2.12. The van der Waals surface area contributed by atoms with Crippen LogP contribution in [0.2, 0.25) is 0 Å². The molecule has 0 spiro atoms. The number of ether oxygens (including phenoxy) is 1. The third kappa shape index (κ3) is 5.36. The lowest BCUT2D eigenvalue weighted by molar-refractivity contribution is -0.138. The summed E-state index contributed by atoms with van der Waals surface area (Å²) in [5.74, 6) is -0.572. The van der Waals surface area contributed by atoms with Gasteiger partial charge in [-0.3, -0.25) is 4.79 Å². The van der Waals surface area contributed by atoms with Crippen LogP contribution in [-0.2, 0) is 16.0 Å². The Labute approximate surface area is 94.5 Å². The van der Waals surface area contributed by atoms with Crippen LogP contribution in [0.3, 0.4) is 0 Å². The van der Waals surface area contributed by atoms with Crippen LogP contribution in [0.25, 0.3) is 0 Å². The van der Waals surface area contributed by atoms with Crippen molar-refractivity contribution in [3.8, 4) is 5.75 Å². The molecular weight excluding hydrogens is 208 g/mol. The third-order valence-corrected chi connectivity index (χ3v) is 2.12. The van der Waals surface area contributed by atoms with Crippen LogP contribution in [0.4, 0.5) is 0 Å². The second-order valence-electron chi connectivity index (χ2n) is 3.53. The van der Waals surface area contributed by atoms with Crippen molar-refractivity contribution < 1.29 is 19.7 Å². The molecule has 0 unspecified atom stereocenters. The van der Waals surface area contributed by atoms with Gasteiger partial charge in [0.15, 0.2) is 0 Å². The van der Waals surface area contributed by atoms with E-state index in [4.69, 9.17) is 9.84 Å². The maximum atomic E-state index is 10.2. The zero-order valence-electron chi connectivity index (χ0n) is 9.06. The van der Waals surface area contributed by atoms with Crippen molar-refractivity contribution in [3.63, 3.8) is 0 Å². The molecule has 1 rings (SSSR count). The molecule has 0 radical (unpaired) electrons. The van der Waals surface area contributed by atoms with Crippen molar-refractivity contribution in [2.75, 3.05) is 13.2 Å². The van der Waals surface area contributed by atoms with E-state index in [9.17, 15) is 9.90 Å². The number of aryl methyl sites for hydroxylation is 1. The topological polar surface area (TPSA) is 66.8 Å². The Kier molecular flexibility index (Phi) is 5.36. The molecule has 0 amide bonds. The first-order valence-corrected chi connectivity index (χ1v) is 5.26. The number of carboxylic acid groups (broad SMARTS) is 1. The predicted octanol–water partition coefficient (Wildman–Crippen LogP) is 1.82. The highest BCUT2D eigenvalue weighted by molar-refractivity contribution is 5.66. The fourth-order valence-corrected chi connectivity index (χ4v) is 1.35. The van der Waals surface area contributed by atoms with Crippen LogP contribution < -0.4 is 0 Å². The fraction of sp³-hybridized carbons (Fsp3) is 0.417. The van der Waals surface area contributed by atoms with Gasteiger partial charge in [0.2, 0.25) is 0 Å². The Hall–Kier alpha value is -1.55. The molecule has 4 heteroatoms. The molecule has 4 nitrogen and oxygen atoms in total. The Bertz CT molecular complexity index is 336. The van der Waals surface area contributed by atoms with E-state index in [0.717, 1.165) is 18.4 Å². The maximum Gasteiger partial charge on any atom is 0.305 e. The van der Waals surface area contributed by atoms with Crippen LogP contribution in [0.1, 0.15) is 18.4 Å². The quantitative estimate of drug-likeness (QED) is 0.693. The Morgan fingerprint density at radius 1 is 1.31 bits per heavy atom. The summed E-state index contributed by atoms with van der Waals surface area (Å²) in [6, 6.07) is 7.09. The van der Waals surface area contributed by atoms with E-state index in [1.165, 1.54) is 0 Å². The van der Waals surface area contributed by atoms with Gasteiger partial charge in [0.25, 0.3) is 0 Å². The normalized spacial score (nSPS) is 10.2. The van der Waals surface area contributed by atoms with Crippen molar-refractivity contribution in [1.29, 1.82) is 0 Å². The average Bonchev–Trinajstić information content (AvgIpc) is 2.23. The minimum Gasteiger partial charge on any atom is -0.508 e. The van der Waals surface area contributed by atoms with E-state index >= 15 is 0 Å². The molecule has 1 aromatic carbocycles. The van der Waals surface area contributed by atoms with Crippen molar-refractivity contribution in [2.24, 2.45) is 0 Å². The lowest BCUT2D eigenvalue weighted by Gasteiger charge is -2.03. The molecule has 0 aliphatic rings. The summed E-state index contributed by atoms with van der Waals surface area (Å²) in [6.45, 7) is 0.804. The van der Waals surface area contributed by atoms with Crippen LogP contribution in [0, 0.1) is 0 Å². The lowest BCUT2D eigenvalue weighted by atomic mass is 10.1. The van der Waals surface area contributed by atoms with Gasteiger partial charge < -0.3 is 14.9 Å². The summed E-state index contributed by atoms with van der Waals surface area (Å²) in [4.78, 5) is 10.2. The highest BCUT2D eigenvalue weighted by Crippen LogP contribution is 2.12. The van der Waals surface area contributed by atoms with Crippen LogP contribution in [0.15, 0.2) is 24.3 Å². The van der Waals surface area contributed by atoms with E-state index in [2.05, 4.69) is 0 Å². The first-order chi connectivity index (χ1) is 7.68. The van der Waals surface area contributed by atoms with Crippen molar-refractivity contribution >= 4 is 5.97 Å². The van der Waals surface area contributed by atoms with E-state index in [-0.39, 0.29) is 18.8 Å². The van der Waals surface area contributed by atoms with E-state index in [1.807, 2.05) is 6.07 Å². The molecule has 0 saturated heterocycles. The van der Waals surface area contributed by atoms with E-state index in [1.54, 1.807) is 18.2 Å². The summed E-state index contributed by atoms with van der Waals surface area (Å²) in [5.41, 5.74) is 1.06. The van der Waals surface area contributed by atoms with Crippen LogP contribution in [0.5, 0.6) is 5.75 Å². The van der Waals surface area contributed by atoms with E-state index in [0.29, 0.717) is 6.61 Å². The number of benzene rings is 1. The van der Waals surface area contributed by atoms with Crippen molar-refractivity contribution in [2.45, 2.75) is 19.3 Å². The maximum absolute atomic E-state index is 10.2. The summed E-state index contributed by atoms with van der Waals surface area (Å²) >= 11 is 0. The molecule has 0 aromatic heterocycles. The summed E-state index contributed by atoms with van der Waals surface area (Å²) in [6.07, 6.45) is 1.69. The van der Waals surface area contributed by atoms with Gasteiger partial charge in [-0.25, -0.2) is 0 Å². The molecular formula is C12H16O4. The average molecular weight is 224 g/mol. The Morgan fingerprint density at radius 3 is 2.81 bits per heavy atom. The Morgan fingerprint density at radius 2 is 2.12 bits per heavy atom. The molecule has 2 N–H and O–H groups in total. The van der Waals surface area contributed by atoms with Crippen LogP contribution >= 0.6 is 0 Å². The van der Waals surface area contributed by atoms with Gasteiger partial charge in [-0.15, -0.1) is 0 Å². The number of carbonyl (C=O) groups is 1. The zero-order valence-corrected chi connectivity index (χ0v) is 9.06.